The molecule has 0 radical (unpaired) electrons. The molecule has 3 aromatic rings. The van der Waals surface area contributed by atoms with E-state index in [0.29, 0.717) is 30.9 Å². The van der Waals surface area contributed by atoms with E-state index in [1.807, 2.05) is 4.90 Å². The molecule has 1 fully saturated rings. The van der Waals surface area contributed by atoms with Crippen molar-refractivity contribution in [1.29, 1.82) is 0 Å². The lowest BCUT2D eigenvalue weighted by molar-refractivity contribution is -0.108. The van der Waals surface area contributed by atoms with Crippen molar-refractivity contribution in [3.05, 3.63) is 83.7 Å². The summed E-state index contributed by atoms with van der Waals surface area (Å²) in [5, 5.41) is 14.8. The number of hydrogen-bond acceptors (Lipinski definition) is 3. The van der Waals surface area contributed by atoms with Crippen LogP contribution in [0.1, 0.15) is 11.1 Å². The second-order valence-electron chi connectivity index (χ2n) is 6.43. The first-order valence-electron chi connectivity index (χ1n) is 8.03. The molecule has 0 aliphatic carbocycles. The molecule has 0 unspecified atom stereocenters. The monoisotopic (exact) mass is 341 g/mol. The predicted molar refractivity (Wildman–Crippen MR) is 89.1 cm³/mol. The fourth-order valence-electron chi connectivity index (χ4n) is 3.24. The first kappa shape index (κ1) is 15.9. The molecule has 25 heavy (non-hydrogen) atoms. The van der Waals surface area contributed by atoms with Crippen LogP contribution in [0.15, 0.2) is 60.9 Å². The van der Waals surface area contributed by atoms with Crippen molar-refractivity contribution in [3.8, 4) is 5.69 Å². The van der Waals surface area contributed by atoms with Crippen LogP contribution in [0.25, 0.3) is 5.69 Å². The van der Waals surface area contributed by atoms with Crippen LogP contribution in [0, 0.1) is 11.6 Å². The quantitative estimate of drug-likeness (QED) is 0.793. The van der Waals surface area contributed by atoms with Crippen LogP contribution in [0.5, 0.6) is 0 Å². The normalized spacial score (nSPS) is 16.6. The molecule has 0 spiro atoms. The second-order valence-corrected chi connectivity index (χ2v) is 6.43. The van der Waals surface area contributed by atoms with E-state index < -0.39 is 5.60 Å². The highest BCUT2D eigenvalue weighted by Gasteiger charge is 2.42. The van der Waals surface area contributed by atoms with Crippen molar-refractivity contribution in [2.45, 2.75) is 12.1 Å². The summed E-state index contributed by atoms with van der Waals surface area (Å²) in [7, 11) is 0. The van der Waals surface area contributed by atoms with Crippen molar-refractivity contribution >= 4 is 0 Å². The standard InChI is InChI=1S/C19H17F2N3O/c20-16-5-3-4-15(8-16)19(25)12-23(13-19)10-14-9-22-24(11-14)18-7-2-1-6-17(18)21/h1-9,11,25H,10,12-13H2. The molecule has 0 saturated carbocycles. The maximum atomic E-state index is 13.8. The summed E-state index contributed by atoms with van der Waals surface area (Å²) in [5.41, 5.74) is 0.882. The Hall–Kier alpha value is -2.57. The summed E-state index contributed by atoms with van der Waals surface area (Å²) in [6.45, 7) is 1.43. The molecule has 4 rings (SSSR count). The number of benzene rings is 2. The fourth-order valence-corrected chi connectivity index (χ4v) is 3.24. The van der Waals surface area contributed by atoms with Crippen molar-refractivity contribution in [1.82, 2.24) is 14.7 Å². The molecule has 0 atom stereocenters. The van der Waals surface area contributed by atoms with Crippen LogP contribution >= 0.6 is 0 Å². The molecule has 2 aromatic carbocycles. The fraction of sp³-hybridized carbons (Fsp3) is 0.211. The molecule has 4 nitrogen and oxygen atoms in total. The molecule has 1 aliphatic heterocycles. The Morgan fingerprint density at radius 1 is 1.08 bits per heavy atom. The molecular weight excluding hydrogens is 324 g/mol. The highest BCUT2D eigenvalue weighted by atomic mass is 19.1. The van der Waals surface area contributed by atoms with Gasteiger partial charge in [0, 0.05) is 31.4 Å². The molecule has 1 N–H and O–H groups in total. The van der Waals surface area contributed by atoms with Gasteiger partial charge in [-0.15, -0.1) is 0 Å². The van der Waals surface area contributed by atoms with Gasteiger partial charge in [0.25, 0.3) is 0 Å². The summed E-state index contributed by atoms with van der Waals surface area (Å²) in [6, 6.07) is 12.5. The highest BCUT2D eigenvalue weighted by molar-refractivity contribution is 5.33. The van der Waals surface area contributed by atoms with E-state index in [1.54, 1.807) is 42.7 Å². The predicted octanol–water partition coefficient (Wildman–Crippen LogP) is 2.85. The van der Waals surface area contributed by atoms with E-state index in [9.17, 15) is 13.9 Å². The van der Waals surface area contributed by atoms with E-state index in [0.717, 1.165) is 5.56 Å². The van der Waals surface area contributed by atoms with Gasteiger partial charge >= 0.3 is 0 Å². The topological polar surface area (TPSA) is 41.3 Å². The molecule has 1 aliphatic rings. The van der Waals surface area contributed by atoms with Crippen LogP contribution in [0.4, 0.5) is 8.78 Å². The minimum atomic E-state index is -1.02. The molecule has 128 valence electrons. The molecule has 2 heterocycles. The summed E-state index contributed by atoms with van der Waals surface area (Å²) in [6.07, 6.45) is 3.46. The third-order valence-corrected chi connectivity index (χ3v) is 4.47. The van der Waals surface area contributed by atoms with Gasteiger partial charge in [0.2, 0.25) is 0 Å². The number of halogens is 2. The zero-order valence-corrected chi connectivity index (χ0v) is 13.4. The highest BCUT2D eigenvalue weighted by Crippen LogP contribution is 2.33. The molecule has 0 amide bonds. The Bertz CT molecular complexity index is 903. The average Bonchev–Trinajstić information content (AvgIpc) is 3.02. The number of rotatable bonds is 4. The molecule has 6 heteroatoms. The number of likely N-dealkylation sites (tertiary alicyclic amines) is 1. The van der Waals surface area contributed by atoms with Crippen molar-refractivity contribution in [3.63, 3.8) is 0 Å². The molecular formula is C19H17F2N3O. The van der Waals surface area contributed by atoms with Crippen LogP contribution < -0.4 is 0 Å². The van der Waals surface area contributed by atoms with Gasteiger partial charge in [0.1, 0.15) is 22.9 Å². The first-order valence-corrected chi connectivity index (χ1v) is 8.03. The van der Waals surface area contributed by atoms with Gasteiger partial charge in [0.15, 0.2) is 0 Å². The molecule has 0 bridgehead atoms. The largest absolute Gasteiger partial charge is 0.382 e. The summed E-state index contributed by atoms with van der Waals surface area (Å²) < 4.78 is 28.6. The van der Waals surface area contributed by atoms with Crippen LogP contribution in [-0.2, 0) is 12.1 Å². The number of β-amino-alcohol motifs (C(OH)–C–C–N with tert-alkyl or cyclic N) is 1. The lowest BCUT2D eigenvalue weighted by Crippen LogP contribution is -2.58. The van der Waals surface area contributed by atoms with Gasteiger partial charge < -0.3 is 5.11 Å². The smallest absolute Gasteiger partial charge is 0.148 e. The van der Waals surface area contributed by atoms with E-state index in [1.165, 1.54) is 22.9 Å². The first-order chi connectivity index (χ1) is 12.0. The maximum absolute atomic E-state index is 13.8. The van der Waals surface area contributed by atoms with E-state index in [2.05, 4.69) is 5.10 Å². The Labute approximate surface area is 143 Å². The van der Waals surface area contributed by atoms with Gasteiger partial charge in [-0.25, -0.2) is 13.5 Å². The van der Waals surface area contributed by atoms with Gasteiger partial charge in [-0.2, -0.15) is 5.10 Å². The van der Waals surface area contributed by atoms with E-state index in [4.69, 9.17) is 0 Å². The van der Waals surface area contributed by atoms with Gasteiger partial charge in [0.05, 0.1) is 6.20 Å². The van der Waals surface area contributed by atoms with Crippen LogP contribution in [0.2, 0.25) is 0 Å². The number of para-hydroxylation sites is 1. The van der Waals surface area contributed by atoms with Gasteiger partial charge in [-0.05, 0) is 29.8 Å². The average molecular weight is 341 g/mol. The van der Waals surface area contributed by atoms with Crippen molar-refractivity contribution in [2.24, 2.45) is 0 Å². The van der Waals surface area contributed by atoms with Gasteiger partial charge in [-0.1, -0.05) is 24.3 Å². The summed E-state index contributed by atoms with van der Waals surface area (Å²) in [4.78, 5) is 2.04. The number of aromatic nitrogens is 2. The SMILES string of the molecule is OC1(c2cccc(F)c2)CN(Cc2cnn(-c3ccccc3F)c2)C1. The number of aliphatic hydroxyl groups is 1. The Morgan fingerprint density at radius 2 is 1.88 bits per heavy atom. The second kappa shape index (κ2) is 6.06. The Balaban J connectivity index is 1.43. The van der Waals surface area contributed by atoms with Gasteiger partial charge in [-0.3, -0.25) is 4.90 Å². The maximum Gasteiger partial charge on any atom is 0.148 e. The lowest BCUT2D eigenvalue weighted by Gasteiger charge is -2.46. The van der Waals surface area contributed by atoms with Crippen LogP contribution in [0.3, 0.4) is 0 Å². The third-order valence-electron chi connectivity index (χ3n) is 4.47. The number of hydrogen-bond donors (Lipinski definition) is 1. The van der Waals surface area contributed by atoms with Crippen LogP contribution in [-0.4, -0.2) is 32.9 Å². The Morgan fingerprint density at radius 3 is 2.64 bits per heavy atom. The van der Waals surface area contributed by atoms with Crippen molar-refractivity contribution in [2.75, 3.05) is 13.1 Å². The number of nitrogens with zero attached hydrogens (tertiary/aromatic N) is 3. The lowest BCUT2D eigenvalue weighted by atomic mass is 9.86. The minimum absolute atomic E-state index is 0.332. The third kappa shape index (κ3) is 3.06. The van der Waals surface area contributed by atoms with E-state index >= 15 is 0 Å². The summed E-state index contributed by atoms with van der Waals surface area (Å²) >= 11 is 0. The van der Waals surface area contributed by atoms with E-state index in [-0.39, 0.29) is 11.6 Å². The minimum Gasteiger partial charge on any atom is -0.382 e. The molecule has 1 saturated heterocycles. The Kier molecular flexibility index (Phi) is 3.86. The van der Waals surface area contributed by atoms with Crippen molar-refractivity contribution < 1.29 is 13.9 Å². The zero-order valence-electron chi connectivity index (χ0n) is 13.4. The molecule has 1 aromatic heterocycles. The zero-order chi connectivity index (χ0) is 17.4. The summed E-state index contributed by atoms with van der Waals surface area (Å²) in [5.74, 6) is -0.683.